The summed E-state index contributed by atoms with van der Waals surface area (Å²) in [5.74, 6) is -0.434. The number of hydrogen-bond acceptors (Lipinski definition) is 9. The summed E-state index contributed by atoms with van der Waals surface area (Å²) in [6, 6.07) is 0. The van der Waals surface area contributed by atoms with Gasteiger partial charge in [-0.25, -0.2) is 0 Å². The zero-order chi connectivity index (χ0) is 20.5. The molecule has 156 valence electrons. The first-order valence-corrected chi connectivity index (χ1v) is 8.44. The Morgan fingerprint density at radius 2 is 1.27 bits per heavy atom. The van der Waals surface area contributed by atoms with Gasteiger partial charge in [-0.05, 0) is 25.7 Å². The Bertz CT molecular complexity index is 334. The number of rotatable bonds is 12. The van der Waals surface area contributed by atoms with Gasteiger partial charge in [-0.1, -0.05) is 0 Å². The fraction of sp³-hybridized carbons (Fsp3) is 0.875. The van der Waals surface area contributed by atoms with E-state index in [-0.39, 0.29) is 24.7 Å². The number of nitrogens with one attached hydrogen (secondary N) is 1. The van der Waals surface area contributed by atoms with Crippen LogP contribution in [0.25, 0.3) is 0 Å². The second-order valence-corrected chi connectivity index (χ2v) is 5.67. The molecule has 0 fully saturated rings. The average Bonchev–Trinajstić information content (AvgIpc) is 2.66. The molecule has 0 rings (SSSR count). The van der Waals surface area contributed by atoms with Crippen molar-refractivity contribution >= 4 is 11.9 Å². The number of hydrogen-bond donors (Lipinski definition) is 7. The molecule has 0 heterocycles. The summed E-state index contributed by atoms with van der Waals surface area (Å²) in [4.78, 5) is 21.3. The van der Waals surface area contributed by atoms with Crippen LogP contribution < -0.4 is 5.32 Å². The van der Waals surface area contributed by atoms with Crippen LogP contribution in [0.3, 0.4) is 0 Å². The van der Waals surface area contributed by atoms with E-state index in [1.165, 1.54) is 7.11 Å². The summed E-state index contributed by atoms with van der Waals surface area (Å²) >= 11 is 0. The van der Waals surface area contributed by atoms with E-state index in [2.05, 4.69) is 10.1 Å². The number of carbonyl (C=O) groups excluding carboxylic acids is 2. The molecular weight excluding hydrogens is 350 g/mol. The summed E-state index contributed by atoms with van der Waals surface area (Å²) in [5, 5.41) is 55.6. The monoisotopic (exact) mass is 383 g/mol. The lowest BCUT2D eigenvalue weighted by Crippen LogP contribution is -2.29. The van der Waals surface area contributed by atoms with Crippen LogP contribution in [0.15, 0.2) is 0 Å². The first-order chi connectivity index (χ1) is 12.2. The summed E-state index contributed by atoms with van der Waals surface area (Å²) in [5.41, 5.74) is 0. The minimum atomic E-state index is -1.13. The highest BCUT2D eigenvalue weighted by Crippen LogP contribution is 2.05. The van der Waals surface area contributed by atoms with Gasteiger partial charge in [-0.3, -0.25) is 9.59 Å². The van der Waals surface area contributed by atoms with Crippen LogP contribution in [-0.4, -0.2) is 94.3 Å². The van der Waals surface area contributed by atoms with E-state index in [0.717, 1.165) is 0 Å². The van der Waals surface area contributed by atoms with Crippen LogP contribution in [0, 0.1) is 0 Å². The number of carbonyl (C=O) groups is 2. The molecule has 26 heavy (non-hydrogen) atoms. The highest BCUT2D eigenvalue weighted by atomic mass is 16.5. The first-order valence-electron chi connectivity index (χ1n) is 8.44. The summed E-state index contributed by atoms with van der Waals surface area (Å²) in [6.07, 6.45) is -2.10. The van der Waals surface area contributed by atoms with E-state index in [1.54, 1.807) is 7.05 Å². The molecule has 0 radical (unpaired) electrons. The molecule has 0 aromatic rings. The molecular formula is C16H33NO9. The van der Waals surface area contributed by atoms with Crippen LogP contribution in [0.4, 0.5) is 0 Å². The number of ether oxygens (including phenoxy) is 1. The largest absolute Gasteiger partial charge is 0.469 e. The van der Waals surface area contributed by atoms with Crippen LogP contribution in [0.5, 0.6) is 0 Å². The molecule has 0 saturated carbocycles. The van der Waals surface area contributed by atoms with E-state index >= 15 is 0 Å². The Hall–Kier alpha value is -1.30. The van der Waals surface area contributed by atoms with Gasteiger partial charge in [0.05, 0.1) is 32.5 Å². The van der Waals surface area contributed by atoms with Gasteiger partial charge in [0.2, 0.25) is 5.91 Å². The van der Waals surface area contributed by atoms with Crippen LogP contribution in [-0.2, 0) is 14.3 Å². The number of amides is 1. The molecule has 0 aliphatic carbocycles. The summed E-state index contributed by atoms with van der Waals surface area (Å²) in [7, 11) is 2.84. The average molecular weight is 383 g/mol. The van der Waals surface area contributed by atoms with Gasteiger partial charge in [0.15, 0.2) is 0 Å². The smallest absolute Gasteiger partial charge is 0.305 e. The van der Waals surface area contributed by atoms with Gasteiger partial charge >= 0.3 is 5.97 Å². The maximum absolute atomic E-state index is 10.7. The first kappa shape index (κ1) is 26.9. The van der Waals surface area contributed by atoms with Crippen molar-refractivity contribution in [1.29, 1.82) is 0 Å². The predicted octanol–water partition coefficient (Wildman–Crippen LogP) is -2.34. The maximum atomic E-state index is 10.7. The Balaban J connectivity index is 0. The van der Waals surface area contributed by atoms with Crippen molar-refractivity contribution in [2.75, 3.05) is 27.4 Å². The maximum Gasteiger partial charge on any atom is 0.305 e. The number of methoxy groups -OCH3 is 1. The quantitative estimate of drug-likeness (QED) is 0.182. The molecule has 0 unspecified atom stereocenters. The lowest BCUT2D eigenvalue weighted by Gasteiger charge is -2.14. The van der Waals surface area contributed by atoms with Crippen LogP contribution in [0.2, 0.25) is 0 Å². The number of aliphatic hydroxyl groups excluding tert-OH is 6. The molecule has 10 nitrogen and oxygen atoms in total. The van der Waals surface area contributed by atoms with E-state index in [0.29, 0.717) is 25.7 Å². The van der Waals surface area contributed by atoms with Crippen molar-refractivity contribution in [2.45, 2.75) is 62.9 Å². The fourth-order valence-corrected chi connectivity index (χ4v) is 1.78. The minimum absolute atomic E-state index is 0.0920. The highest BCUT2D eigenvalue weighted by Gasteiger charge is 2.15. The second kappa shape index (κ2) is 17.1. The molecule has 0 spiro atoms. The van der Waals surface area contributed by atoms with Gasteiger partial charge in [0.25, 0.3) is 0 Å². The lowest BCUT2D eigenvalue weighted by molar-refractivity contribution is -0.140. The fourth-order valence-electron chi connectivity index (χ4n) is 1.78. The Labute approximate surface area is 153 Å². The van der Waals surface area contributed by atoms with E-state index in [1.807, 2.05) is 0 Å². The Morgan fingerprint density at radius 3 is 1.62 bits per heavy atom. The molecule has 10 heteroatoms. The Kier molecular flexibility index (Phi) is 17.7. The number of esters is 1. The molecule has 0 aromatic heterocycles. The van der Waals surface area contributed by atoms with E-state index in [4.69, 9.17) is 30.6 Å². The minimum Gasteiger partial charge on any atom is -0.469 e. The van der Waals surface area contributed by atoms with Gasteiger partial charge < -0.3 is 40.7 Å². The summed E-state index contributed by atoms with van der Waals surface area (Å²) < 4.78 is 4.39. The molecule has 1 amide bonds. The van der Waals surface area contributed by atoms with Crippen molar-refractivity contribution in [3.8, 4) is 0 Å². The molecule has 7 N–H and O–H groups in total. The lowest BCUT2D eigenvalue weighted by atomic mass is 10.1. The zero-order valence-electron chi connectivity index (χ0n) is 15.4. The van der Waals surface area contributed by atoms with E-state index < -0.39 is 37.6 Å². The van der Waals surface area contributed by atoms with Crippen molar-refractivity contribution in [1.82, 2.24) is 5.32 Å². The van der Waals surface area contributed by atoms with E-state index in [9.17, 15) is 9.59 Å². The molecule has 0 saturated heterocycles. The number of aliphatic hydroxyl groups is 6. The molecule has 4 atom stereocenters. The summed E-state index contributed by atoms with van der Waals surface area (Å²) in [6.45, 7) is -0.930. The second-order valence-electron chi connectivity index (χ2n) is 5.67. The predicted molar refractivity (Wildman–Crippen MR) is 92.0 cm³/mol. The molecule has 0 bridgehead atoms. The van der Waals surface area contributed by atoms with Gasteiger partial charge in [-0.2, -0.15) is 0 Å². The SMILES string of the molecule is CNC(=O)CCC[C@H](O)[C@H](O)CO.COC(=O)CCC[C@H](O)[C@H](O)CO. The Morgan fingerprint density at radius 1 is 0.846 bits per heavy atom. The molecule has 0 aliphatic heterocycles. The molecule has 0 aromatic carbocycles. The topological polar surface area (TPSA) is 177 Å². The third kappa shape index (κ3) is 15.0. The van der Waals surface area contributed by atoms with Crippen molar-refractivity contribution in [3.05, 3.63) is 0 Å². The third-order valence-corrected chi connectivity index (χ3v) is 3.55. The zero-order valence-corrected chi connectivity index (χ0v) is 15.4. The van der Waals surface area contributed by atoms with Crippen molar-refractivity contribution in [2.24, 2.45) is 0 Å². The highest BCUT2D eigenvalue weighted by molar-refractivity contribution is 5.75. The van der Waals surface area contributed by atoms with Crippen LogP contribution in [0.1, 0.15) is 38.5 Å². The normalized spacial score (nSPS) is 15.1. The van der Waals surface area contributed by atoms with Gasteiger partial charge in [0, 0.05) is 19.9 Å². The van der Waals surface area contributed by atoms with Crippen molar-refractivity contribution < 1.29 is 45.0 Å². The standard InChI is InChI=1S/C8H17NO4.C8H16O5/c1-9-8(13)4-2-3-6(11)7(12)5-10;1-13-8(12)4-2-3-6(10)7(11)5-9/h6-7,10-12H,2-5H2,1H3,(H,9,13);6-7,9-11H,2-5H2,1H3/t2*6-,7+/m00/s1. The van der Waals surface area contributed by atoms with Crippen molar-refractivity contribution in [3.63, 3.8) is 0 Å². The van der Waals surface area contributed by atoms with Gasteiger partial charge in [0.1, 0.15) is 12.2 Å². The van der Waals surface area contributed by atoms with Crippen LogP contribution >= 0.6 is 0 Å². The van der Waals surface area contributed by atoms with Gasteiger partial charge in [-0.15, -0.1) is 0 Å². The molecule has 0 aliphatic rings. The third-order valence-electron chi connectivity index (χ3n) is 3.55.